The molecule has 6 nitrogen and oxygen atoms in total. The molecule has 0 spiro atoms. The molecule has 4 N–H and O–H groups in total. The Labute approximate surface area is 180 Å². The highest BCUT2D eigenvalue weighted by atomic mass is 16.5. The Bertz CT molecular complexity index is 585. The lowest BCUT2D eigenvalue weighted by Crippen LogP contribution is -2.32. The van der Waals surface area contributed by atoms with Crippen LogP contribution in [0.4, 0.5) is 0 Å². The summed E-state index contributed by atoms with van der Waals surface area (Å²) in [5, 5.41) is 26.4. The lowest BCUT2D eigenvalue weighted by molar-refractivity contribution is 0.106. The Hall–Kier alpha value is -2.12. The molecule has 0 radical (unpaired) electrons. The van der Waals surface area contributed by atoms with Crippen LogP contribution in [0.25, 0.3) is 0 Å². The van der Waals surface area contributed by atoms with Gasteiger partial charge in [-0.3, -0.25) is 0 Å². The summed E-state index contributed by atoms with van der Waals surface area (Å²) in [6.45, 7) is 3.46. The maximum atomic E-state index is 9.93. The van der Waals surface area contributed by atoms with Crippen LogP contribution in [0, 0.1) is 0 Å². The Kier molecular flexibility index (Phi) is 12.6. The highest BCUT2D eigenvalue weighted by Gasteiger charge is 2.05. The lowest BCUT2D eigenvalue weighted by Gasteiger charge is -2.14. The Morgan fingerprint density at radius 3 is 1.40 bits per heavy atom. The Balaban J connectivity index is 1.33. The van der Waals surface area contributed by atoms with Gasteiger partial charge in [0.05, 0.1) is 0 Å². The Morgan fingerprint density at radius 2 is 1.00 bits per heavy atom. The van der Waals surface area contributed by atoms with Gasteiger partial charge in [-0.2, -0.15) is 0 Å². The monoisotopic (exact) mass is 416 g/mol. The molecule has 2 atom stereocenters. The van der Waals surface area contributed by atoms with Crippen molar-refractivity contribution in [3.63, 3.8) is 0 Å². The molecule has 30 heavy (non-hydrogen) atoms. The molecule has 166 valence electrons. The number of para-hydroxylation sites is 2. The fourth-order valence-corrected chi connectivity index (χ4v) is 2.93. The van der Waals surface area contributed by atoms with Gasteiger partial charge in [0.25, 0.3) is 0 Å². The molecule has 2 aromatic rings. The molecule has 0 unspecified atom stereocenters. The molecule has 0 bridgehead atoms. The summed E-state index contributed by atoms with van der Waals surface area (Å²) in [6, 6.07) is 19.1. The van der Waals surface area contributed by atoms with Crippen molar-refractivity contribution >= 4 is 0 Å². The molecule has 0 amide bonds. The zero-order valence-electron chi connectivity index (χ0n) is 17.7. The van der Waals surface area contributed by atoms with Crippen molar-refractivity contribution in [2.45, 2.75) is 37.9 Å². The number of ether oxygens (including phenoxy) is 2. The molecular formula is C24H36N2O4. The first-order valence-electron chi connectivity index (χ1n) is 10.9. The van der Waals surface area contributed by atoms with Gasteiger partial charge in [-0.25, -0.2) is 0 Å². The van der Waals surface area contributed by atoms with Crippen LogP contribution in [0.3, 0.4) is 0 Å². The quantitative estimate of drug-likeness (QED) is 0.297. The number of hydrogen-bond donors (Lipinski definition) is 4. The largest absolute Gasteiger partial charge is 0.491 e. The van der Waals surface area contributed by atoms with E-state index in [0.29, 0.717) is 26.3 Å². The summed E-state index contributed by atoms with van der Waals surface area (Å²) in [5.74, 6) is 1.56. The third kappa shape index (κ3) is 11.8. The van der Waals surface area contributed by atoms with Gasteiger partial charge in [-0.15, -0.1) is 0 Å². The Morgan fingerprint density at radius 1 is 0.600 bits per heavy atom. The summed E-state index contributed by atoms with van der Waals surface area (Å²) < 4.78 is 11.1. The molecule has 0 fully saturated rings. The van der Waals surface area contributed by atoms with Crippen molar-refractivity contribution in [2.24, 2.45) is 0 Å². The first kappa shape index (κ1) is 24.2. The molecule has 0 saturated carbocycles. The number of hydrogen-bond acceptors (Lipinski definition) is 6. The van der Waals surface area contributed by atoms with Crippen LogP contribution < -0.4 is 20.1 Å². The van der Waals surface area contributed by atoms with Gasteiger partial charge in [0.1, 0.15) is 36.9 Å². The van der Waals surface area contributed by atoms with E-state index in [9.17, 15) is 10.2 Å². The van der Waals surface area contributed by atoms with E-state index in [1.807, 2.05) is 60.7 Å². The van der Waals surface area contributed by atoms with Gasteiger partial charge < -0.3 is 30.3 Å². The van der Waals surface area contributed by atoms with Gasteiger partial charge in [-0.1, -0.05) is 49.2 Å². The summed E-state index contributed by atoms with van der Waals surface area (Å²) >= 11 is 0. The molecule has 6 heteroatoms. The highest BCUT2D eigenvalue weighted by molar-refractivity contribution is 5.21. The molecule has 0 saturated heterocycles. The number of benzene rings is 2. The van der Waals surface area contributed by atoms with E-state index in [1.165, 1.54) is 0 Å². The van der Waals surface area contributed by atoms with Gasteiger partial charge in [0.15, 0.2) is 0 Å². The average Bonchev–Trinajstić information content (AvgIpc) is 2.79. The number of nitrogens with one attached hydrogen (secondary N) is 2. The minimum absolute atomic E-state index is 0.297. The van der Waals surface area contributed by atoms with Gasteiger partial charge in [0.2, 0.25) is 0 Å². The fraction of sp³-hybridized carbons (Fsp3) is 0.500. The molecule has 0 aliphatic rings. The molecule has 2 rings (SSSR count). The topological polar surface area (TPSA) is 83.0 Å². The average molecular weight is 417 g/mol. The standard InChI is InChI=1S/C24H36N2O4/c27-21(19-29-23-11-5-3-6-12-23)17-25-15-9-1-2-10-16-26-18-22(28)20-30-24-13-7-4-8-14-24/h3-8,11-14,21-22,25-28H,1-2,9-10,15-20H2/t21-,22-/m0/s1. The summed E-state index contributed by atoms with van der Waals surface area (Å²) in [5.41, 5.74) is 0. The second kappa shape index (κ2) is 15.7. The molecule has 0 aliphatic heterocycles. The van der Waals surface area contributed by atoms with Gasteiger partial charge in [0, 0.05) is 13.1 Å². The first-order valence-corrected chi connectivity index (χ1v) is 10.9. The number of aliphatic hydroxyl groups is 2. The van der Waals surface area contributed by atoms with Crippen LogP contribution in [0.2, 0.25) is 0 Å². The van der Waals surface area contributed by atoms with Crippen LogP contribution >= 0.6 is 0 Å². The van der Waals surface area contributed by atoms with Crippen molar-refractivity contribution in [3.8, 4) is 11.5 Å². The van der Waals surface area contributed by atoms with Crippen molar-refractivity contribution in [2.75, 3.05) is 39.4 Å². The smallest absolute Gasteiger partial charge is 0.119 e. The number of unbranched alkanes of at least 4 members (excludes halogenated alkanes) is 3. The van der Waals surface area contributed by atoms with E-state index in [-0.39, 0.29) is 0 Å². The van der Waals surface area contributed by atoms with E-state index >= 15 is 0 Å². The minimum atomic E-state index is -0.508. The molecule has 0 heterocycles. The normalized spacial score (nSPS) is 13.0. The lowest BCUT2D eigenvalue weighted by atomic mass is 10.2. The van der Waals surface area contributed by atoms with Crippen molar-refractivity contribution in [3.05, 3.63) is 60.7 Å². The summed E-state index contributed by atoms with van der Waals surface area (Å²) in [6.07, 6.45) is 3.44. The van der Waals surface area contributed by atoms with Crippen molar-refractivity contribution in [1.82, 2.24) is 10.6 Å². The number of aliphatic hydroxyl groups excluding tert-OH is 2. The predicted molar refractivity (Wildman–Crippen MR) is 120 cm³/mol. The summed E-state index contributed by atoms with van der Waals surface area (Å²) in [4.78, 5) is 0. The second-order valence-corrected chi connectivity index (χ2v) is 7.38. The second-order valence-electron chi connectivity index (χ2n) is 7.38. The van der Waals surface area contributed by atoms with Crippen LogP contribution in [0.1, 0.15) is 25.7 Å². The predicted octanol–water partition coefficient (Wildman–Crippen LogP) is 2.61. The SMILES string of the molecule is O[C@@H](CNCCCCCCNC[C@H](O)COc1ccccc1)COc1ccccc1. The van der Waals surface area contributed by atoms with E-state index in [1.54, 1.807) is 0 Å². The van der Waals surface area contributed by atoms with Crippen LogP contribution in [0.5, 0.6) is 11.5 Å². The van der Waals surface area contributed by atoms with E-state index in [0.717, 1.165) is 50.3 Å². The van der Waals surface area contributed by atoms with Crippen LogP contribution in [-0.4, -0.2) is 61.8 Å². The van der Waals surface area contributed by atoms with Crippen LogP contribution in [0.15, 0.2) is 60.7 Å². The first-order chi connectivity index (χ1) is 14.7. The maximum Gasteiger partial charge on any atom is 0.119 e. The van der Waals surface area contributed by atoms with Crippen molar-refractivity contribution < 1.29 is 19.7 Å². The highest BCUT2D eigenvalue weighted by Crippen LogP contribution is 2.09. The van der Waals surface area contributed by atoms with Gasteiger partial charge >= 0.3 is 0 Å². The van der Waals surface area contributed by atoms with Crippen molar-refractivity contribution in [1.29, 1.82) is 0 Å². The minimum Gasteiger partial charge on any atom is -0.491 e. The molecule has 2 aromatic carbocycles. The third-order valence-corrected chi connectivity index (χ3v) is 4.59. The fourth-order valence-electron chi connectivity index (χ4n) is 2.93. The molecular weight excluding hydrogens is 380 g/mol. The third-order valence-electron chi connectivity index (χ3n) is 4.59. The summed E-state index contributed by atoms with van der Waals surface area (Å²) in [7, 11) is 0. The van der Waals surface area contributed by atoms with Gasteiger partial charge in [-0.05, 0) is 50.2 Å². The number of rotatable bonds is 17. The molecule has 0 aromatic heterocycles. The molecule has 0 aliphatic carbocycles. The van der Waals surface area contributed by atoms with E-state index in [2.05, 4.69) is 10.6 Å². The maximum absolute atomic E-state index is 9.93. The van der Waals surface area contributed by atoms with E-state index < -0.39 is 12.2 Å². The van der Waals surface area contributed by atoms with E-state index in [4.69, 9.17) is 9.47 Å². The zero-order valence-corrected chi connectivity index (χ0v) is 17.7. The van der Waals surface area contributed by atoms with Crippen LogP contribution in [-0.2, 0) is 0 Å². The zero-order chi connectivity index (χ0) is 21.3.